The summed E-state index contributed by atoms with van der Waals surface area (Å²) in [6.45, 7) is 6.63. The SMILES string of the molecule is CCCCCCC/C=C\C/C=C\CCCCCCCCCCCCCCCCCCCC(=O)OCC(COC(=O)CCCCCCCCC)OC(=O)CCCCCCCCCCCCC/C=C\C/C=C\CCCCCCC. The highest BCUT2D eigenvalue weighted by Crippen LogP contribution is 2.18. The van der Waals surface area contributed by atoms with E-state index in [0.29, 0.717) is 19.3 Å². The highest BCUT2D eigenvalue weighted by atomic mass is 16.6. The van der Waals surface area contributed by atoms with Crippen LogP contribution >= 0.6 is 0 Å². The van der Waals surface area contributed by atoms with Gasteiger partial charge in [-0.3, -0.25) is 14.4 Å². The molecule has 77 heavy (non-hydrogen) atoms. The zero-order valence-electron chi connectivity index (χ0n) is 51.7. The molecule has 0 radical (unpaired) electrons. The Balaban J connectivity index is 4.05. The van der Waals surface area contributed by atoms with Crippen molar-refractivity contribution in [3.8, 4) is 0 Å². The van der Waals surface area contributed by atoms with Crippen molar-refractivity contribution in [1.82, 2.24) is 0 Å². The maximum Gasteiger partial charge on any atom is 0.306 e. The van der Waals surface area contributed by atoms with Gasteiger partial charge in [-0.05, 0) is 83.5 Å². The standard InChI is InChI=1S/C71H130O6/c1-4-7-10-13-16-18-20-22-24-26-28-30-32-33-34-35-36-37-39-40-42-44-46-48-50-52-55-58-61-64-70(73)76-67-68(66-75-69(72)63-60-57-54-15-12-9-6-3)77-71(74)65-62-59-56-53-51-49-47-45-43-41-38-31-29-27-25-23-21-19-17-14-11-8-5-2/h20-23,26-29,68H,4-19,24-25,30-67H2,1-3H3/b22-20-,23-21-,28-26-,29-27-. The van der Waals surface area contributed by atoms with Gasteiger partial charge in [0.15, 0.2) is 6.10 Å². The number of carbonyl (C=O) groups is 3. The average Bonchev–Trinajstić information content (AvgIpc) is 3.43. The Bertz CT molecular complexity index is 1330. The number of hydrogen-bond donors (Lipinski definition) is 0. The summed E-state index contributed by atoms with van der Waals surface area (Å²) < 4.78 is 16.9. The van der Waals surface area contributed by atoms with Gasteiger partial charge in [-0.25, -0.2) is 0 Å². The number of allylic oxidation sites excluding steroid dienone is 8. The number of esters is 3. The van der Waals surface area contributed by atoms with Crippen LogP contribution in [0.5, 0.6) is 0 Å². The third-order valence-electron chi connectivity index (χ3n) is 15.3. The van der Waals surface area contributed by atoms with Crippen LogP contribution in [0.3, 0.4) is 0 Å². The lowest BCUT2D eigenvalue weighted by atomic mass is 10.0. The maximum absolute atomic E-state index is 12.9. The van der Waals surface area contributed by atoms with E-state index in [9.17, 15) is 14.4 Å². The second-order valence-electron chi connectivity index (χ2n) is 23.1. The van der Waals surface area contributed by atoms with Crippen molar-refractivity contribution in [2.45, 2.75) is 374 Å². The minimum Gasteiger partial charge on any atom is -0.462 e. The first-order valence-electron chi connectivity index (χ1n) is 34.1. The van der Waals surface area contributed by atoms with Crippen molar-refractivity contribution in [2.75, 3.05) is 13.2 Å². The molecule has 0 aliphatic carbocycles. The fourth-order valence-electron chi connectivity index (χ4n) is 10.2. The molecular weight excluding hydrogens is 949 g/mol. The second kappa shape index (κ2) is 65.9. The summed E-state index contributed by atoms with van der Waals surface area (Å²) >= 11 is 0. The molecule has 0 N–H and O–H groups in total. The number of hydrogen-bond acceptors (Lipinski definition) is 6. The molecule has 0 saturated heterocycles. The van der Waals surface area contributed by atoms with Gasteiger partial charge in [-0.2, -0.15) is 0 Å². The summed E-state index contributed by atoms with van der Waals surface area (Å²) in [6.07, 6.45) is 83.1. The molecule has 0 aromatic carbocycles. The number of unbranched alkanes of at least 4 members (excludes halogenated alkanes) is 44. The number of ether oxygens (including phenoxy) is 3. The fourth-order valence-corrected chi connectivity index (χ4v) is 10.2. The van der Waals surface area contributed by atoms with E-state index in [1.807, 2.05) is 0 Å². The normalized spacial score (nSPS) is 12.3. The molecular formula is C71H130O6. The first kappa shape index (κ1) is 74.4. The fraction of sp³-hybridized carbons (Fsp3) is 0.845. The third-order valence-corrected chi connectivity index (χ3v) is 15.3. The van der Waals surface area contributed by atoms with Gasteiger partial charge >= 0.3 is 17.9 Å². The molecule has 0 bridgehead atoms. The molecule has 0 amide bonds. The van der Waals surface area contributed by atoms with Crippen LogP contribution in [0.1, 0.15) is 367 Å². The van der Waals surface area contributed by atoms with E-state index in [1.54, 1.807) is 0 Å². The number of carbonyl (C=O) groups excluding carboxylic acids is 3. The van der Waals surface area contributed by atoms with Gasteiger partial charge in [0.05, 0.1) is 0 Å². The summed E-state index contributed by atoms with van der Waals surface area (Å²) in [6, 6.07) is 0. The van der Waals surface area contributed by atoms with Crippen LogP contribution in [0.15, 0.2) is 48.6 Å². The average molecular weight is 1080 g/mol. The highest BCUT2D eigenvalue weighted by molar-refractivity contribution is 5.71. The van der Waals surface area contributed by atoms with Crippen LogP contribution in [0.25, 0.3) is 0 Å². The van der Waals surface area contributed by atoms with E-state index in [0.717, 1.165) is 70.6 Å². The van der Waals surface area contributed by atoms with Crippen LogP contribution in [-0.2, 0) is 28.6 Å². The predicted octanol–water partition coefficient (Wildman–Crippen LogP) is 23.3. The van der Waals surface area contributed by atoms with E-state index >= 15 is 0 Å². The zero-order valence-corrected chi connectivity index (χ0v) is 51.7. The van der Waals surface area contributed by atoms with Gasteiger partial charge in [0.2, 0.25) is 0 Å². The lowest BCUT2D eigenvalue weighted by molar-refractivity contribution is -0.167. The van der Waals surface area contributed by atoms with Crippen LogP contribution < -0.4 is 0 Å². The molecule has 0 fully saturated rings. The first-order valence-corrected chi connectivity index (χ1v) is 34.1. The van der Waals surface area contributed by atoms with Gasteiger partial charge in [0, 0.05) is 19.3 Å². The van der Waals surface area contributed by atoms with E-state index in [-0.39, 0.29) is 31.1 Å². The lowest BCUT2D eigenvalue weighted by Crippen LogP contribution is -2.30. The Morgan fingerprint density at radius 3 is 0.714 bits per heavy atom. The smallest absolute Gasteiger partial charge is 0.306 e. The molecule has 0 aromatic rings. The van der Waals surface area contributed by atoms with Crippen LogP contribution in [0, 0.1) is 0 Å². The van der Waals surface area contributed by atoms with Gasteiger partial charge in [0.1, 0.15) is 13.2 Å². The minimum atomic E-state index is -0.770. The molecule has 1 atom stereocenters. The molecule has 450 valence electrons. The van der Waals surface area contributed by atoms with Crippen molar-refractivity contribution in [3.63, 3.8) is 0 Å². The quantitative estimate of drug-likeness (QED) is 0.0261. The van der Waals surface area contributed by atoms with E-state index in [1.165, 1.54) is 257 Å². The lowest BCUT2D eigenvalue weighted by Gasteiger charge is -2.18. The molecule has 6 nitrogen and oxygen atoms in total. The molecule has 0 heterocycles. The second-order valence-corrected chi connectivity index (χ2v) is 23.1. The third kappa shape index (κ3) is 64.1. The summed E-state index contributed by atoms with van der Waals surface area (Å²) in [7, 11) is 0. The summed E-state index contributed by atoms with van der Waals surface area (Å²) in [5.74, 6) is -0.857. The summed E-state index contributed by atoms with van der Waals surface area (Å²) in [5, 5.41) is 0. The monoisotopic (exact) mass is 1080 g/mol. The molecule has 0 aliphatic rings. The van der Waals surface area contributed by atoms with Crippen molar-refractivity contribution in [3.05, 3.63) is 48.6 Å². The van der Waals surface area contributed by atoms with Crippen LogP contribution in [0.4, 0.5) is 0 Å². The van der Waals surface area contributed by atoms with Crippen molar-refractivity contribution in [1.29, 1.82) is 0 Å². The molecule has 0 aliphatic heterocycles. The Kier molecular flexibility index (Phi) is 63.6. The molecule has 0 rings (SSSR count). The van der Waals surface area contributed by atoms with Gasteiger partial charge in [-0.1, -0.05) is 313 Å². The molecule has 0 spiro atoms. The maximum atomic E-state index is 12.9. The Morgan fingerprint density at radius 1 is 0.260 bits per heavy atom. The Morgan fingerprint density at radius 2 is 0.468 bits per heavy atom. The van der Waals surface area contributed by atoms with Crippen molar-refractivity contribution < 1.29 is 28.6 Å². The summed E-state index contributed by atoms with van der Waals surface area (Å²) in [5.41, 5.74) is 0. The summed E-state index contributed by atoms with van der Waals surface area (Å²) in [4.78, 5) is 38.1. The molecule has 0 saturated carbocycles. The molecule has 1 unspecified atom stereocenters. The number of rotatable bonds is 63. The van der Waals surface area contributed by atoms with Crippen molar-refractivity contribution >= 4 is 17.9 Å². The largest absolute Gasteiger partial charge is 0.462 e. The van der Waals surface area contributed by atoms with Crippen LogP contribution in [0.2, 0.25) is 0 Å². The van der Waals surface area contributed by atoms with E-state index in [4.69, 9.17) is 14.2 Å². The highest BCUT2D eigenvalue weighted by Gasteiger charge is 2.19. The van der Waals surface area contributed by atoms with Crippen molar-refractivity contribution in [2.24, 2.45) is 0 Å². The minimum absolute atomic E-state index is 0.0696. The predicted molar refractivity (Wildman–Crippen MR) is 335 cm³/mol. The van der Waals surface area contributed by atoms with Crippen LogP contribution in [-0.4, -0.2) is 37.2 Å². The Hall–Kier alpha value is -2.63. The van der Waals surface area contributed by atoms with Gasteiger partial charge < -0.3 is 14.2 Å². The van der Waals surface area contributed by atoms with E-state index in [2.05, 4.69) is 69.4 Å². The molecule has 6 heteroatoms. The first-order chi connectivity index (χ1) is 38.0. The zero-order chi connectivity index (χ0) is 55.7. The van der Waals surface area contributed by atoms with E-state index < -0.39 is 6.10 Å². The topological polar surface area (TPSA) is 78.9 Å². The molecule has 0 aromatic heterocycles. The van der Waals surface area contributed by atoms with Gasteiger partial charge in [-0.15, -0.1) is 0 Å². The van der Waals surface area contributed by atoms with Gasteiger partial charge in [0.25, 0.3) is 0 Å². The Labute approximate surface area is 479 Å².